The number of methoxy groups -OCH3 is 1. The molecule has 0 spiro atoms. The molecule has 3 amide bonds. The van der Waals surface area contributed by atoms with E-state index >= 15 is 0 Å². The maximum atomic E-state index is 13.9. The van der Waals surface area contributed by atoms with Crippen molar-refractivity contribution in [1.29, 1.82) is 5.26 Å². The summed E-state index contributed by atoms with van der Waals surface area (Å²) in [6.45, 7) is 7.63. The zero-order valence-corrected chi connectivity index (χ0v) is 27.6. The Morgan fingerprint density at radius 3 is 2.49 bits per heavy atom. The second-order valence-electron chi connectivity index (χ2n) is 13.3. The predicted octanol–water partition coefficient (Wildman–Crippen LogP) is 5.15. The molecule has 0 saturated carbocycles. The average Bonchev–Trinajstić information content (AvgIpc) is 3.06. The minimum Gasteiger partial charge on any atom is -0.469 e. The summed E-state index contributed by atoms with van der Waals surface area (Å²) in [5.41, 5.74) is 1.06. The molecule has 252 valence electrons. The van der Waals surface area contributed by atoms with E-state index in [0.29, 0.717) is 61.5 Å². The van der Waals surface area contributed by atoms with Gasteiger partial charge in [0.25, 0.3) is 0 Å². The van der Waals surface area contributed by atoms with Crippen LogP contribution in [0.2, 0.25) is 0 Å². The summed E-state index contributed by atoms with van der Waals surface area (Å²) in [5, 5.41) is 12.2. The summed E-state index contributed by atoms with van der Waals surface area (Å²) < 4.78 is 24.3. The molecule has 1 N–H and O–H groups in total. The monoisotopic (exact) mass is 649 g/mol. The normalized spacial score (nSPS) is 17.7. The standard InChI is InChI=1S/C35H44FN5O6/c1-35(2,3)47-34(45)40-14-11-23(12-15-40)7-10-31(42)41-13-5-6-25(22-41)33(44)39-30(18-32(43)46-4)28-17-27(20-38-21-28)24-8-9-29(36)26(16-24)19-37/h8-9,16-17,20-21,23,25,30H,5-7,10-15,18,22H2,1-4H3,(H,39,44). The molecule has 2 unspecified atom stereocenters. The van der Waals surface area contributed by atoms with E-state index in [1.54, 1.807) is 28.3 Å². The largest absolute Gasteiger partial charge is 0.469 e. The van der Waals surface area contributed by atoms with Gasteiger partial charge in [-0.25, -0.2) is 9.18 Å². The number of nitrogens with zero attached hydrogens (tertiary/aromatic N) is 4. The Labute approximate surface area is 275 Å². The molecule has 2 aromatic rings. The molecule has 0 bridgehead atoms. The summed E-state index contributed by atoms with van der Waals surface area (Å²) in [5.74, 6) is -1.52. The number of carbonyl (C=O) groups is 4. The van der Waals surface area contributed by atoms with Gasteiger partial charge in [-0.3, -0.25) is 19.4 Å². The molecule has 1 aromatic carbocycles. The van der Waals surface area contributed by atoms with Crippen LogP contribution < -0.4 is 5.32 Å². The van der Waals surface area contributed by atoms with Crippen molar-refractivity contribution in [3.05, 3.63) is 53.6 Å². The number of amides is 3. The zero-order valence-electron chi connectivity index (χ0n) is 27.6. The lowest BCUT2D eigenvalue weighted by atomic mass is 9.91. The number of nitrogens with one attached hydrogen (secondary N) is 1. The van der Waals surface area contributed by atoms with Gasteiger partial charge in [0.05, 0.1) is 31.1 Å². The molecule has 11 nitrogen and oxygen atoms in total. The van der Waals surface area contributed by atoms with Crippen molar-refractivity contribution in [3.63, 3.8) is 0 Å². The first-order valence-electron chi connectivity index (χ1n) is 16.1. The highest BCUT2D eigenvalue weighted by Crippen LogP contribution is 2.28. The van der Waals surface area contributed by atoms with E-state index in [1.165, 1.54) is 25.3 Å². The Hall–Kier alpha value is -4.53. The summed E-state index contributed by atoms with van der Waals surface area (Å²) in [6.07, 6.45) is 6.69. The van der Waals surface area contributed by atoms with Gasteiger partial charge in [-0.05, 0) is 88.1 Å². The number of hydrogen-bond acceptors (Lipinski definition) is 8. The van der Waals surface area contributed by atoms with E-state index < -0.39 is 29.3 Å². The van der Waals surface area contributed by atoms with Crippen LogP contribution in [0, 0.1) is 29.0 Å². The second-order valence-corrected chi connectivity index (χ2v) is 13.3. The summed E-state index contributed by atoms with van der Waals surface area (Å²) >= 11 is 0. The molecule has 0 radical (unpaired) electrons. The topological polar surface area (TPSA) is 142 Å². The van der Waals surface area contributed by atoms with Gasteiger partial charge < -0.3 is 24.6 Å². The smallest absolute Gasteiger partial charge is 0.410 e. The third-order valence-corrected chi connectivity index (χ3v) is 8.67. The van der Waals surface area contributed by atoms with Gasteiger partial charge in [0.15, 0.2) is 0 Å². The summed E-state index contributed by atoms with van der Waals surface area (Å²) in [7, 11) is 1.27. The number of carbonyl (C=O) groups excluding carboxylic acids is 4. The van der Waals surface area contributed by atoms with Crippen molar-refractivity contribution in [3.8, 4) is 17.2 Å². The average molecular weight is 650 g/mol. The fraction of sp³-hybridized carbons (Fsp3) is 0.543. The lowest BCUT2D eigenvalue weighted by Gasteiger charge is -2.35. The van der Waals surface area contributed by atoms with Gasteiger partial charge in [-0.15, -0.1) is 0 Å². The maximum Gasteiger partial charge on any atom is 0.410 e. The number of hydrogen-bond donors (Lipinski definition) is 1. The molecule has 2 fully saturated rings. The number of likely N-dealkylation sites (tertiary alicyclic amines) is 2. The van der Waals surface area contributed by atoms with Crippen molar-refractivity contribution in [1.82, 2.24) is 20.1 Å². The van der Waals surface area contributed by atoms with E-state index in [9.17, 15) is 28.8 Å². The molecular weight excluding hydrogens is 605 g/mol. The van der Waals surface area contributed by atoms with E-state index in [1.807, 2.05) is 26.8 Å². The van der Waals surface area contributed by atoms with Crippen molar-refractivity contribution in [2.24, 2.45) is 11.8 Å². The molecule has 12 heteroatoms. The van der Waals surface area contributed by atoms with Gasteiger partial charge >= 0.3 is 12.1 Å². The van der Waals surface area contributed by atoms with Gasteiger partial charge in [-0.1, -0.05) is 6.07 Å². The van der Waals surface area contributed by atoms with Gasteiger partial charge in [0, 0.05) is 50.6 Å². The molecule has 2 aliphatic rings. The molecule has 0 aliphatic carbocycles. The van der Waals surface area contributed by atoms with Crippen molar-refractivity contribution in [2.75, 3.05) is 33.3 Å². The minimum atomic E-state index is -0.754. The highest BCUT2D eigenvalue weighted by atomic mass is 19.1. The van der Waals surface area contributed by atoms with Crippen molar-refractivity contribution >= 4 is 23.9 Å². The third kappa shape index (κ3) is 9.98. The Morgan fingerprint density at radius 1 is 1.06 bits per heavy atom. The van der Waals surface area contributed by atoms with Gasteiger partial charge in [0.1, 0.15) is 17.5 Å². The number of piperidine rings is 2. The molecule has 47 heavy (non-hydrogen) atoms. The number of aromatic nitrogens is 1. The van der Waals surface area contributed by atoms with E-state index in [4.69, 9.17) is 9.47 Å². The number of nitriles is 1. The maximum absolute atomic E-state index is 13.9. The number of benzene rings is 1. The minimum absolute atomic E-state index is 0.0103. The number of rotatable bonds is 9. The van der Waals surface area contributed by atoms with Crippen LogP contribution in [0.25, 0.3) is 11.1 Å². The van der Waals surface area contributed by atoms with Crippen molar-refractivity contribution < 1.29 is 33.0 Å². The van der Waals surface area contributed by atoms with Crippen LogP contribution in [-0.2, 0) is 23.9 Å². The number of pyridine rings is 1. The van der Waals surface area contributed by atoms with Crippen LogP contribution in [0.15, 0.2) is 36.7 Å². The van der Waals surface area contributed by atoms with Crippen LogP contribution in [0.1, 0.15) is 82.9 Å². The molecule has 3 heterocycles. The number of halogens is 1. The van der Waals surface area contributed by atoms with Crippen LogP contribution in [0.3, 0.4) is 0 Å². The SMILES string of the molecule is COC(=O)CC(NC(=O)C1CCCN(C(=O)CCC2CCN(C(=O)OC(C)(C)C)CC2)C1)c1cncc(-c2ccc(F)c(C#N)c2)c1. The van der Waals surface area contributed by atoms with Crippen LogP contribution in [0.4, 0.5) is 9.18 Å². The fourth-order valence-electron chi connectivity index (χ4n) is 6.02. The Kier molecular flexibility index (Phi) is 11.9. The van der Waals surface area contributed by atoms with E-state index in [2.05, 4.69) is 10.3 Å². The molecule has 2 saturated heterocycles. The lowest BCUT2D eigenvalue weighted by molar-refractivity contribution is -0.141. The van der Waals surface area contributed by atoms with Crippen molar-refractivity contribution in [2.45, 2.75) is 77.4 Å². The first kappa shape index (κ1) is 35.3. The first-order valence-corrected chi connectivity index (χ1v) is 16.1. The van der Waals surface area contributed by atoms with Gasteiger partial charge in [-0.2, -0.15) is 5.26 Å². The molecule has 1 aromatic heterocycles. The number of esters is 1. The van der Waals surface area contributed by atoms with Crippen LogP contribution in [0.5, 0.6) is 0 Å². The fourth-order valence-corrected chi connectivity index (χ4v) is 6.02. The van der Waals surface area contributed by atoms with Crippen LogP contribution in [-0.4, -0.2) is 77.6 Å². The summed E-state index contributed by atoms with van der Waals surface area (Å²) in [4.78, 5) is 59.2. The predicted molar refractivity (Wildman–Crippen MR) is 171 cm³/mol. The number of ether oxygens (including phenoxy) is 2. The Balaban J connectivity index is 1.34. The molecule has 4 rings (SSSR count). The highest BCUT2D eigenvalue weighted by molar-refractivity contribution is 5.82. The zero-order chi connectivity index (χ0) is 34.1. The van der Waals surface area contributed by atoms with E-state index in [-0.39, 0.29) is 36.4 Å². The first-order chi connectivity index (χ1) is 22.4. The lowest BCUT2D eigenvalue weighted by Crippen LogP contribution is -2.46. The molecule has 2 atom stereocenters. The van der Waals surface area contributed by atoms with E-state index in [0.717, 1.165) is 19.3 Å². The third-order valence-electron chi connectivity index (χ3n) is 8.67. The Bertz CT molecular complexity index is 1490. The summed E-state index contributed by atoms with van der Waals surface area (Å²) in [6, 6.07) is 6.98. The van der Waals surface area contributed by atoms with Crippen LogP contribution >= 0.6 is 0 Å². The van der Waals surface area contributed by atoms with Gasteiger partial charge in [0.2, 0.25) is 11.8 Å². The Morgan fingerprint density at radius 2 is 1.81 bits per heavy atom. The quantitative estimate of drug-likeness (QED) is 0.368. The highest BCUT2D eigenvalue weighted by Gasteiger charge is 2.32. The second kappa shape index (κ2) is 15.8. The molecule has 2 aliphatic heterocycles. The molecular formula is C35H44FN5O6.